The number of nitro benzene ring substituents is 1. The molecule has 0 saturated carbocycles. The highest BCUT2D eigenvalue weighted by Gasteiger charge is 2.22. The molecule has 1 aliphatic heterocycles. The van der Waals surface area contributed by atoms with Crippen molar-refractivity contribution in [2.45, 2.75) is 26.6 Å². The molecule has 0 atom stereocenters. The van der Waals surface area contributed by atoms with E-state index in [0.717, 1.165) is 0 Å². The Balaban J connectivity index is 1.64. The van der Waals surface area contributed by atoms with Crippen LogP contribution in [0.1, 0.15) is 23.9 Å². The van der Waals surface area contributed by atoms with Gasteiger partial charge < -0.3 is 14.5 Å². The lowest BCUT2D eigenvalue weighted by atomic mass is 10.1. The molecule has 0 aliphatic carbocycles. The van der Waals surface area contributed by atoms with Gasteiger partial charge in [0, 0.05) is 29.8 Å². The SMILES string of the molecule is CCN(Cc1nc2ccccc2c(=O)[nH]1)Cc1cc([N+](=O)[O-])cc2c1OCOC2. The maximum Gasteiger partial charge on any atom is 0.270 e. The highest BCUT2D eigenvalue weighted by atomic mass is 16.7. The molecular formula is C20H20N4O5. The molecule has 2 heterocycles. The second-order valence-corrected chi connectivity index (χ2v) is 6.79. The molecule has 9 heteroatoms. The van der Waals surface area contributed by atoms with Gasteiger partial charge in [0.25, 0.3) is 11.2 Å². The molecule has 1 aromatic heterocycles. The zero-order chi connectivity index (χ0) is 20.4. The first-order valence-electron chi connectivity index (χ1n) is 9.26. The molecule has 150 valence electrons. The van der Waals surface area contributed by atoms with Crippen molar-refractivity contribution in [2.24, 2.45) is 0 Å². The van der Waals surface area contributed by atoms with Gasteiger partial charge in [-0.1, -0.05) is 19.1 Å². The number of hydrogen-bond donors (Lipinski definition) is 1. The number of aromatic nitrogens is 2. The molecule has 0 saturated heterocycles. The van der Waals surface area contributed by atoms with Gasteiger partial charge in [0.05, 0.1) is 29.0 Å². The van der Waals surface area contributed by atoms with Gasteiger partial charge in [0.2, 0.25) is 0 Å². The fourth-order valence-electron chi connectivity index (χ4n) is 3.45. The number of nitro groups is 1. The number of aromatic amines is 1. The monoisotopic (exact) mass is 396 g/mol. The molecule has 4 rings (SSSR count). The van der Waals surface area contributed by atoms with Gasteiger partial charge in [0.1, 0.15) is 11.6 Å². The highest BCUT2D eigenvalue weighted by Crippen LogP contribution is 2.33. The van der Waals surface area contributed by atoms with E-state index in [1.165, 1.54) is 12.1 Å². The number of rotatable bonds is 6. The van der Waals surface area contributed by atoms with Gasteiger partial charge in [-0.15, -0.1) is 0 Å². The number of fused-ring (bicyclic) bond motifs is 2. The topological polar surface area (TPSA) is 111 Å². The van der Waals surface area contributed by atoms with Crippen LogP contribution >= 0.6 is 0 Å². The third kappa shape index (κ3) is 3.96. The lowest BCUT2D eigenvalue weighted by Crippen LogP contribution is -2.26. The Hall–Kier alpha value is -3.30. The van der Waals surface area contributed by atoms with Crippen LogP contribution in [0.15, 0.2) is 41.2 Å². The van der Waals surface area contributed by atoms with E-state index in [0.29, 0.717) is 53.2 Å². The Morgan fingerprint density at radius 2 is 2.10 bits per heavy atom. The first kappa shape index (κ1) is 19.0. The van der Waals surface area contributed by atoms with E-state index in [4.69, 9.17) is 9.47 Å². The Morgan fingerprint density at radius 3 is 2.90 bits per heavy atom. The Bertz CT molecular complexity index is 1130. The van der Waals surface area contributed by atoms with E-state index in [9.17, 15) is 14.9 Å². The van der Waals surface area contributed by atoms with Gasteiger partial charge >= 0.3 is 0 Å². The van der Waals surface area contributed by atoms with Gasteiger partial charge in [-0.3, -0.25) is 19.8 Å². The zero-order valence-corrected chi connectivity index (χ0v) is 15.9. The highest BCUT2D eigenvalue weighted by molar-refractivity contribution is 5.77. The smallest absolute Gasteiger partial charge is 0.270 e. The summed E-state index contributed by atoms with van der Waals surface area (Å²) < 4.78 is 10.9. The van der Waals surface area contributed by atoms with Crippen molar-refractivity contribution in [2.75, 3.05) is 13.3 Å². The number of non-ortho nitro benzene ring substituents is 1. The lowest BCUT2D eigenvalue weighted by Gasteiger charge is -2.24. The van der Waals surface area contributed by atoms with Crippen molar-refractivity contribution in [3.05, 3.63) is 73.8 Å². The van der Waals surface area contributed by atoms with E-state index in [1.807, 2.05) is 17.9 Å². The normalized spacial score (nSPS) is 13.3. The minimum absolute atomic E-state index is 0.00106. The molecule has 0 amide bonds. The van der Waals surface area contributed by atoms with Gasteiger partial charge in [-0.05, 0) is 18.7 Å². The first-order valence-corrected chi connectivity index (χ1v) is 9.26. The summed E-state index contributed by atoms with van der Waals surface area (Å²) in [7, 11) is 0. The van der Waals surface area contributed by atoms with Crippen LogP contribution in [0.4, 0.5) is 5.69 Å². The molecule has 0 fully saturated rings. The standard InChI is InChI=1S/C20H20N4O5/c1-2-23(10-18-21-17-6-4-3-5-16(17)20(25)22-18)9-13-7-15(24(26)27)8-14-11-28-12-29-19(13)14/h3-8H,2,9-12H2,1H3,(H,21,22,25). The van der Waals surface area contributed by atoms with Gasteiger partial charge in [-0.25, -0.2) is 4.98 Å². The van der Waals surface area contributed by atoms with Crippen molar-refractivity contribution in [3.8, 4) is 5.75 Å². The fourth-order valence-corrected chi connectivity index (χ4v) is 3.45. The van der Waals surface area contributed by atoms with Crippen molar-refractivity contribution < 1.29 is 14.4 Å². The van der Waals surface area contributed by atoms with Crippen molar-refractivity contribution in [1.82, 2.24) is 14.9 Å². The van der Waals surface area contributed by atoms with Crippen LogP contribution in [0.2, 0.25) is 0 Å². The molecule has 2 aromatic carbocycles. The molecule has 29 heavy (non-hydrogen) atoms. The summed E-state index contributed by atoms with van der Waals surface area (Å²) in [6.45, 7) is 3.83. The Labute approximate surface area is 166 Å². The second kappa shape index (κ2) is 7.98. The number of hydrogen-bond acceptors (Lipinski definition) is 7. The molecule has 0 bridgehead atoms. The molecule has 9 nitrogen and oxygen atoms in total. The summed E-state index contributed by atoms with van der Waals surface area (Å²) in [5.74, 6) is 1.17. The number of nitrogens with zero attached hydrogens (tertiary/aromatic N) is 3. The molecule has 1 N–H and O–H groups in total. The zero-order valence-electron chi connectivity index (χ0n) is 15.9. The minimum atomic E-state index is -0.420. The third-order valence-electron chi connectivity index (χ3n) is 4.86. The predicted octanol–water partition coefficient (Wildman–Crippen LogP) is 2.72. The van der Waals surface area contributed by atoms with Crippen LogP contribution < -0.4 is 10.3 Å². The van der Waals surface area contributed by atoms with E-state index in [2.05, 4.69) is 9.97 Å². The summed E-state index contributed by atoms with van der Waals surface area (Å²) >= 11 is 0. The average Bonchev–Trinajstić information content (AvgIpc) is 2.73. The number of para-hydroxylation sites is 1. The maximum absolute atomic E-state index is 12.3. The van der Waals surface area contributed by atoms with Crippen molar-refractivity contribution >= 4 is 16.6 Å². The first-order chi connectivity index (χ1) is 14.0. The number of benzene rings is 2. The molecule has 1 aliphatic rings. The summed E-state index contributed by atoms with van der Waals surface area (Å²) in [4.78, 5) is 32.6. The Morgan fingerprint density at radius 1 is 1.28 bits per heavy atom. The van der Waals surface area contributed by atoms with Crippen LogP contribution in [0.25, 0.3) is 10.9 Å². The summed E-state index contributed by atoms with van der Waals surface area (Å²) in [6.07, 6.45) is 0. The van der Waals surface area contributed by atoms with Crippen LogP contribution in [0.5, 0.6) is 5.75 Å². The summed E-state index contributed by atoms with van der Waals surface area (Å²) in [6, 6.07) is 10.2. The fraction of sp³-hybridized carbons (Fsp3) is 0.300. The van der Waals surface area contributed by atoms with E-state index >= 15 is 0 Å². The van der Waals surface area contributed by atoms with E-state index < -0.39 is 4.92 Å². The van der Waals surface area contributed by atoms with E-state index in [1.54, 1.807) is 18.2 Å². The van der Waals surface area contributed by atoms with Crippen LogP contribution in [0, 0.1) is 10.1 Å². The van der Waals surface area contributed by atoms with Crippen molar-refractivity contribution in [1.29, 1.82) is 0 Å². The Kier molecular flexibility index (Phi) is 5.24. The number of H-pyrrole nitrogens is 1. The largest absolute Gasteiger partial charge is 0.467 e. The quantitative estimate of drug-likeness (QED) is 0.504. The number of ether oxygens (including phenoxy) is 2. The van der Waals surface area contributed by atoms with Gasteiger partial charge in [0.15, 0.2) is 6.79 Å². The second-order valence-electron chi connectivity index (χ2n) is 6.79. The van der Waals surface area contributed by atoms with Gasteiger partial charge in [-0.2, -0.15) is 0 Å². The molecule has 0 unspecified atom stereocenters. The van der Waals surface area contributed by atoms with E-state index in [-0.39, 0.29) is 24.6 Å². The van der Waals surface area contributed by atoms with Crippen LogP contribution in [0.3, 0.4) is 0 Å². The predicted molar refractivity (Wildman–Crippen MR) is 106 cm³/mol. The molecule has 0 radical (unpaired) electrons. The lowest BCUT2D eigenvalue weighted by molar-refractivity contribution is -0.385. The minimum Gasteiger partial charge on any atom is -0.467 e. The average molecular weight is 396 g/mol. The van der Waals surface area contributed by atoms with Crippen molar-refractivity contribution in [3.63, 3.8) is 0 Å². The summed E-state index contributed by atoms with van der Waals surface area (Å²) in [5.41, 5.74) is 1.82. The third-order valence-corrected chi connectivity index (χ3v) is 4.86. The van der Waals surface area contributed by atoms with Crippen LogP contribution in [-0.2, 0) is 24.4 Å². The molecule has 0 spiro atoms. The molecule has 3 aromatic rings. The maximum atomic E-state index is 12.3. The molecular weight excluding hydrogens is 376 g/mol. The summed E-state index contributed by atoms with van der Waals surface area (Å²) in [5, 5.41) is 11.8. The van der Waals surface area contributed by atoms with Crippen LogP contribution in [-0.4, -0.2) is 33.1 Å². The number of nitrogens with one attached hydrogen (secondary N) is 1.